The lowest BCUT2D eigenvalue weighted by atomic mass is 10.0. The van der Waals surface area contributed by atoms with Crippen molar-refractivity contribution in [3.8, 4) is 0 Å². The Morgan fingerprint density at radius 3 is 2.21 bits per heavy atom. The van der Waals surface area contributed by atoms with Gasteiger partial charge in [-0.1, -0.05) is 24.3 Å². The van der Waals surface area contributed by atoms with Gasteiger partial charge in [0.2, 0.25) is 11.8 Å². The monoisotopic (exact) mass is 380 g/mol. The van der Waals surface area contributed by atoms with Crippen molar-refractivity contribution in [3.63, 3.8) is 0 Å². The van der Waals surface area contributed by atoms with Crippen molar-refractivity contribution in [2.24, 2.45) is 0 Å². The van der Waals surface area contributed by atoms with E-state index in [-0.39, 0.29) is 11.8 Å². The third-order valence-corrected chi connectivity index (χ3v) is 4.67. The average Bonchev–Trinajstić information content (AvgIpc) is 2.76. The van der Waals surface area contributed by atoms with Crippen LogP contribution in [0.3, 0.4) is 0 Å². The van der Waals surface area contributed by atoms with Crippen LogP contribution >= 0.6 is 0 Å². The second-order valence-electron chi connectivity index (χ2n) is 7.73. The maximum absolute atomic E-state index is 13.2. The van der Waals surface area contributed by atoms with Gasteiger partial charge >= 0.3 is 0 Å². The number of aryl methyl sites for hydroxylation is 2. The molecular weight excluding hydrogens is 352 g/mol. The van der Waals surface area contributed by atoms with E-state index in [1.807, 2.05) is 74.4 Å². The Labute approximate surface area is 166 Å². The average molecular weight is 380 g/mol. The van der Waals surface area contributed by atoms with E-state index in [4.69, 9.17) is 0 Å². The molecule has 0 radical (unpaired) electrons. The van der Waals surface area contributed by atoms with Crippen molar-refractivity contribution in [3.05, 3.63) is 53.6 Å². The third-order valence-electron chi connectivity index (χ3n) is 4.67. The number of nitrogens with zero attached hydrogens (tertiary/aromatic N) is 3. The summed E-state index contributed by atoms with van der Waals surface area (Å²) in [6.07, 6.45) is 1.73. The standard InChI is InChI=1S/C22H28N4O2/c1-24(2)14-21(27)23-18-12-11-17-10-9-16-7-5-6-8-19(16)26(20(17)13-18)22(28)15-25(3)4/h5-8,11-13H,9-10,14-15H2,1-4H3,(H,23,27). The van der Waals surface area contributed by atoms with E-state index in [2.05, 4.69) is 11.4 Å². The van der Waals surface area contributed by atoms with Gasteiger partial charge in [-0.25, -0.2) is 0 Å². The molecule has 1 N–H and O–H groups in total. The predicted molar refractivity (Wildman–Crippen MR) is 113 cm³/mol. The molecule has 0 unspecified atom stereocenters. The van der Waals surface area contributed by atoms with Gasteiger partial charge in [-0.2, -0.15) is 0 Å². The molecule has 1 heterocycles. The minimum atomic E-state index is -0.0786. The summed E-state index contributed by atoms with van der Waals surface area (Å²) in [7, 11) is 7.49. The van der Waals surface area contributed by atoms with E-state index < -0.39 is 0 Å². The Balaban J connectivity index is 2.02. The number of rotatable bonds is 5. The van der Waals surface area contributed by atoms with Gasteiger partial charge in [0.1, 0.15) is 0 Å². The van der Waals surface area contributed by atoms with Crippen LogP contribution in [-0.2, 0) is 22.4 Å². The maximum Gasteiger partial charge on any atom is 0.245 e. The van der Waals surface area contributed by atoms with Crippen LogP contribution < -0.4 is 10.2 Å². The number of para-hydroxylation sites is 1. The number of hydrogen-bond donors (Lipinski definition) is 1. The molecule has 2 amide bonds. The molecule has 1 aliphatic heterocycles. The maximum atomic E-state index is 13.2. The molecule has 3 rings (SSSR count). The number of carbonyl (C=O) groups excluding carboxylic acids is 2. The van der Waals surface area contributed by atoms with Gasteiger partial charge in [-0.3, -0.25) is 14.5 Å². The number of benzene rings is 2. The first-order valence-corrected chi connectivity index (χ1v) is 9.48. The molecule has 28 heavy (non-hydrogen) atoms. The van der Waals surface area contributed by atoms with E-state index in [9.17, 15) is 9.59 Å². The van der Waals surface area contributed by atoms with Crippen molar-refractivity contribution in [1.82, 2.24) is 9.80 Å². The van der Waals surface area contributed by atoms with Crippen LogP contribution in [0.15, 0.2) is 42.5 Å². The van der Waals surface area contributed by atoms with Gasteiger partial charge in [0, 0.05) is 5.69 Å². The topological polar surface area (TPSA) is 55.9 Å². The zero-order valence-electron chi connectivity index (χ0n) is 17.0. The summed E-state index contributed by atoms with van der Waals surface area (Å²) in [6.45, 7) is 0.619. The van der Waals surface area contributed by atoms with E-state index in [0.29, 0.717) is 18.8 Å². The first-order chi connectivity index (χ1) is 13.3. The van der Waals surface area contributed by atoms with Crippen LogP contribution in [0.25, 0.3) is 0 Å². The number of anilines is 3. The summed E-state index contributed by atoms with van der Waals surface area (Å²) in [5, 5.41) is 2.94. The second-order valence-corrected chi connectivity index (χ2v) is 7.73. The highest BCUT2D eigenvalue weighted by molar-refractivity contribution is 6.04. The van der Waals surface area contributed by atoms with Crippen LogP contribution in [0, 0.1) is 0 Å². The lowest BCUT2D eigenvalue weighted by Gasteiger charge is -2.27. The second kappa shape index (κ2) is 8.54. The molecule has 0 atom stereocenters. The fourth-order valence-corrected chi connectivity index (χ4v) is 3.50. The molecule has 0 saturated heterocycles. The number of carbonyl (C=O) groups is 2. The molecular formula is C22H28N4O2. The molecule has 6 nitrogen and oxygen atoms in total. The number of fused-ring (bicyclic) bond motifs is 2. The van der Waals surface area contributed by atoms with Gasteiger partial charge in [-0.15, -0.1) is 0 Å². The van der Waals surface area contributed by atoms with Crippen molar-refractivity contribution in [1.29, 1.82) is 0 Å². The molecule has 0 aliphatic carbocycles. The van der Waals surface area contributed by atoms with Gasteiger partial charge in [0.05, 0.1) is 24.5 Å². The molecule has 0 bridgehead atoms. The molecule has 2 aromatic carbocycles. The minimum absolute atomic E-state index is 0.0115. The Morgan fingerprint density at radius 1 is 0.893 bits per heavy atom. The van der Waals surface area contributed by atoms with Crippen LogP contribution in [0.5, 0.6) is 0 Å². The van der Waals surface area contributed by atoms with Gasteiger partial charge in [0.15, 0.2) is 0 Å². The quantitative estimate of drug-likeness (QED) is 0.866. The number of likely N-dealkylation sites (N-methyl/N-ethyl adjacent to an activating group) is 2. The fraction of sp³-hybridized carbons (Fsp3) is 0.364. The van der Waals surface area contributed by atoms with Crippen LogP contribution in [0.2, 0.25) is 0 Å². The molecule has 1 aliphatic rings. The zero-order chi connectivity index (χ0) is 20.3. The molecule has 0 aromatic heterocycles. The number of nitrogens with one attached hydrogen (secondary N) is 1. The van der Waals surface area contributed by atoms with Crippen molar-refractivity contribution in [2.75, 3.05) is 51.5 Å². The molecule has 148 valence electrons. The normalized spacial score (nSPS) is 13.1. The lowest BCUT2D eigenvalue weighted by molar-refractivity contribution is -0.118. The lowest BCUT2D eigenvalue weighted by Crippen LogP contribution is -2.35. The van der Waals surface area contributed by atoms with E-state index in [0.717, 1.165) is 35.3 Å². The summed E-state index contributed by atoms with van der Waals surface area (Å²) < 4.78 is 0. The zero-order valence-corrected chi connectivity index (χ0v) is 17.0. The molecule has 0 fully saturated rings. The van der Waals surface area contributed by atoms with Crippen molar-refractivity contribution in [2.45, 2.75) is 12.8 Å². The van der Waals surface area contributed by atoms with E-state index >= 15 is 0 Å². The first-order valence-electron chi connectivity index (χ1n) is 9.48. The van der Waals surface area contributed by atoms with Crippen LogP contribution in [0.4, 0.5) is 17.1 Å². The SMILES string of the molecule is CN(C)CC(=O)Nc1ccc2c(c1)N(C(=O)CN(C)C)c1ccccc1CC2. The van der Waals surface area contributed by atoms with Gasteiger partial charge in [-0.05, 0) is 70.4 Å². The molecule has 6 heteroatoms. The summed E-state index contributed by atoms with van der Waals surface area (Å²) in [4.78, 5) is 30.8. The Morgan fingerprint density at radius 2 is 1.54 bits per heavy atom. The smallest absolute Gasteiger partial charge is 0.245 e. The molecule has 0 spiro atoms. The molecule has 0 saturated carbocycles. The number of hydrogen-bond acceptors (Lipinski definition) is 4. The van der Waals surface area contributed by atoms with E-state index in [1.165, 1.54) is 0 Å². The highest BCUT2D eigenvalue weighted by Crippen LogP contribution is 2.37. The van der Waals surface area contributed by atoms with Gasteiger partial charge < -0.3 is 15.1 Å². The Hall–Kier alpha value is -2.70. The van der Waals surface area contributed by atoms with Crippen LogP contribution in [0.1, 0.15) is 11.1 Å². The van der Waals surface area contributed by atoms with Crippen molar-refractivity contribution >= 4 is 28.9 Å². The summed E-state index contributed by atoms with van der Waals surface area (Å²) in [6, 6.07) is 13.9. The Bertz CT molecular complexity index is 877. The summed E-state index contributed by atoms with van der Waals surface area (Å²) in [5.74, 6) is -0.0671. The van der Waals surface area contributed by atoms with E-state index in [1.54, 1.807) is 4.90 Å². The van der Waals surface area contributed by atoms with Crippen LogP contribution in [-0.4, -0.2) is 62.9 Å². The Kier molecular flexibility index (Phi) is 6.11. The summed E-state index contributed by atoms with van der Waals surface area (Å²) in [5.41, 5.74) is 4.73. The number of amides is 2. The van der Waals surface area contributed by atoms with Crippen molar-refractivity contribution < 1.29 is 9.59 Å². The predicted octanol–water partition coefficient (Wildman–Crippen LogP) is 2.51. The third kappa shape index (κ3) is 4.58. The fourth-order valence-electron chi connectivity index (χ4n) is 3.50. The highest BCUT2D eigenvalue weighted by Gasteiger charge is 2.26. The molecule has 2 aromatic rings. The minimum Gasteiger partial charge on any atom is -0.325 e. The largest absolute Gasteiger partial charge is 0.325 e. The summed E-state index contributed by atoms with van der Waals surface area (Å²) >= 11 is 0. The van der Waals surface area contributed by atoms with Gasteiger partial charge in [0.25, 0.3) is 0 Å². The highest BCUT2D eigenvalue weighted by atomic mass is 16.2. The first kappa shape index (κ1) is 20.0.